The summed E-state index contributed by atoms with van der Waals surface area (Å²) in [5, 5.41) is 2.35. The van der Waals surface area contributed by atoms with Crippen molar-refractivity contribution in [2.24, 2.45) is 11.3 Å². The van der Waals surface area contributed by atoms with E-state index in [0.29, 0.717) is 0 Å². The lowest BCUT2D eigenvalue weighted by molar-refractivity contribution is 0.138. The van der Waals surface area contributed by atoms with E-state index in [0.717, 1.165) is 11.3 Å². The highest BCUT2D eigenvalue weighted by molar-refractivity contribution is 9.09. The van der Waals surface area contributed by atoms with E-state index in [1.54, 1.807) is 0 Å². The van der Waals surface area contributed by atoms with Crippen molar-refractivity contribution in [3.8, 4) is 0 Å². The molecule has 0 atom stereocenters. The zero-order chi connectivity index (χ0) is 14.7. The Labute approximate surface area is 144 Å². The highest BCUT2D eigenvalue weighted by atomic mass is 79.9. The lowest BCUT2D eigenvalue weighted by Crippen LogP contribution is -2.25. The van der Waals surface area contributed by atoms with E-state index < -0.39 is 0 Å². The van der Waals surface area contributed by atoms with E-state index in [1.165, 1.54) is 94.1 Å². The molecule has 120 valence electrons. The van der Waals surface area contributed by atoms with Crippen LogP contribution >= 0.6 is 31.9 Å². The number of halogens is 2. The van der Waals surface area contributed by atoms with Crippen molar-refractivity contribution in [2.45, 2.75) is 90.4 Å². The molecule has 1 saturated carbocycles. The van der Waals surface area contributed by atoms with Gasteiger partial charge in [-0.25, -0.2) is 0 Å². The Morgan fingerprint density at radius 1 is 0.850 bits per heavy atom. The van der Waals surface area contributed by atoms with Crippen molar-refractivity contribution in [1.29, 1.82) is 0 Å². The SMILES string of the molecule is CCCCCC1(CCC(CCBr)CCBr)CCCCC1. The van der Waals surface area contributed by atoms with Crippen molar-refractivity contribution < 1.29 is 0 Å². The van der Waals surface area contributed by atoms with Gasteiger partial charge in [-0.15, -0.1) is 0 Å². The van der Waals surface area contributed by atoms with Crippen LogP contribution in [0, 0.1) is 11.3 Å². The molecule has 0 N–H and O–H groups in total. The Bertz CT molecular complexity index is 215. The van der Waals surface area contributed by atoms with E-state index in [1.807, 2.05) is 0 Å². The van der Waals surface area contributed by atoms with Gasteiger partial charge in [0.05, 0.1) is 0 Å². The first-order chi connectivity index (χ1) is 9.76. The number of rotatable bonds is 11. The quantitative estimate of drug-likeness (QED) is 0.245. The third-order valence-corrected chi connectivity index (χ3v) is 6.26. The van der Waals surface area contributed by atoms with Gasteiger partial charge < -0.3 is 0 Å². The summed E-state index contributed by atoms with van der Waals surface area (Å²) in [5.41, 5.74) is 0.726. The number of alkyl halides is 2. The molecule has 0 radical (unpaired) electrons. The monoisotopic (exact) mass is 408 g/mol. The first-order valence-electron chi connectivity index (χ1n) is 8.88. The lowest BCUT2D eigenvalue weighted by atomic mass is 9.67. The Morgan fingerprint density at radius 3 is 2.05 bits per heavy atom. The van der Waals surface area contributed by atoms with E-state index in [9.17, 15) is 0 Å². The first kappa shape index (κ1) is 19.0. The zero-order valence-corrected chi connectivity index (χ0v) is 16.6. The summed E-state index contributed by atoms with van der Waals surface area (Å²) >= 11 is 7.27. The van der Waals surface area contributed by atoms with Gasteiger partial charge in [-0.2, -0.15) is 0 Å². The van der Waals surface area contributed by atoms with Gasteiger partial charge in [0.2, 0.25) is 0 Å². The molecule has 0 aromatic rings. The highest BCUT2D eigenvalue weighted by Gasteiger charge is 2.31. The molecule has 0 amide bonds. The van der Waals surface area contributed by atoms with Gasteiger partial charge in [-0.05, 0) is 56.3 Å². The zero-order valence-electron chi connectivity index (χ0n) is 13.4. The maximum Gasteiger partial charge on any atom is 0.00339 e. The summed E-state index contributed by atoms with van der Waals surface area (Å²) in [6.07, 6.45) is 19.0. The maximum absolute atomic E-state index is 3.64. The van der Waals surface area contributed by atoms with Crippen molar-refractivity contribution in [1.82, 2.24) is 0 Å². The van der Waals surface area contributed by atoms with Crippen LogP contribution in [0.1, 0.15) is 90.4 Å². The fourth-order valence-electron chi connectivity index (χ4n) is 3.93. The molecule has 0 spiro atoms. The Kier molecular flexibility index (Phi) is 10.9. The Morgan fingerprint density at radius 2 is 1.50 bits per heavy atom. The third-order valence-electron chi connectivity index (χ3n) is 5.34. The van der Waals surface area contributed by atoms with Gasteiger partial charge in [0, 0.05) is 10.7 Å². The molecule has 0 nitrogen and oxygen atoms in total. The predicted octanol–water partition coefficient (Wildman–Crippen LogP) is 7.48. The topological polar surface area (TPSA) is 0 Å². The minimum absolute atomic E-state index is 0.726. The molecule has 0 aliphatic heterocycles. The number of unbranched alkanes of at least 4 members (excludes halogenated alkanes) is 2. The van der Waals surface area contributed by atoms with Gasteiger partial charge in [-0.3, -0.25) is 0 Å². The van der Waals surface area contributed by atoms with Gasteiger partial charge in [0.25, 0.3) is 0 Å². The van der Waals surface area contributed by atoms with E-state index in [-0.39, 0.29) is 0 Å². The van der Waals surface area contributed by atoms with E-state index in [2.05, 4.69) is 38.8 Å². The van der Waals surface area contributed by atoms with Crippen LogP contribution < -0.4 is 0 Å². The normalized spacial score (nSPS) is 18.6. The van der Waals surface area contributed by atoms with Crippen molar-refractivity contribution in [3.63, 3.8) is 0 Å². The molecule has 1 aliphatic carbocycles. The molecule has 0 aromatic carbocycles. The summed E-state index contributed by atoms with van der Waals surface area (Å²) in [5.74, 6) is 0.929. The average molecular weight is 410 g/mol. The number of hydrogen-bond donors (Lipinski definition) is 0. The van der Waals surface area contributed by atoms with Crippen LogP contribution in [0.2, 0.25) is 0 Å². The lowest BCUT2D eigenvalue weighted by Gasteiger charge is -2.39. The third kappa shape index (κ3) is 7.29. The largest absolute Gasteiger partial charge is 0.0928 e. The van der Waals surface area contributed by atoms with Crippen LogP contribution in [0.4, 0.5) is 0 Å². The van der Waals surface area contributed by atoms with Gasteiger partial charge in [0.15, 0.2) is 0 Å². The molecule has 1 fully saturated rings. The second-order valence-corrected chi connectivity index (χ2v) is 8.46. The van der Waals surface area contributed by atoms with Gasteiger partial charge in [-0.1, -0.05) is 77.3 Å². The van der Waals surface area contributed by atoms with Crippen LogP contribution in [-0.2, 0) is 0 Å². The molecule has 20 heavy (non-hydrogen) atoms. The fraction of sp³-hybridized carbons (Fsp3) is 1.00. The molecule has 0 heterocycles. The van der Waals surface area contributed by atoms with Crippen LogP contribution in [0.5, 0.6) is 0 Å². The molecule has 0 aromatic heterocycles. The van der Waals surface area contributed by atoms with Gasteiger partial charge >= 0.3 is 0 Å². The van der Waals surface area contributed by atoms with Crippen LogP contribution in [0.25, 0.3) is 0 Å². The fourth-order valence-corrected chi connectivity index (χ4v) is 5.22. The van der Waals surface area contributed by atoms with Crippen LogP contribution in [-0.4, -0.2) is 10.7 Å². The summed E-state index contributed by atoms with van der Waals surface area (Å²) in [6.45, 7) is 2.33. The standard InChI is InChI=1S/C18H34Br2/c1-2-3-5-11-18(12-6-4-7-13-18)14-8-17(9-15-19)10-16-20/h17H,2-16H2,1H3. The van der Waals surface area contributed by atoms with Crippen LogP contribution in [0.15, 0.2) is 0 Å². The first-order valence-corrected chi connectivity index (χ1v) is 11.1. The minimum atomic E-state index is 0.726. The molecular formula is C18H34Br2. The predicted molar refractivity (Wildman–Crippen MR) is 99.2 cm³/mol. The summed E-state index contributed by atoms with van der Waals surface area (Å²) in [7, 11) is 0. The smallest absolute Gasteiger partial charge is 0.00339 e. The molecule has 0 unspecified atom stereocenters. The minimum Gasteiger partial charge on any atom is -0.0928 e. The second kappa shape index (κ2) is 11.5. The number of hydrogen-bond acceptors (Lipinski definition) is 0. The summed E-state index contributed by atoms with van der Waals surface area (Å²) in [6, 6.07) is 0. The van der Waals surface area contributed by atoms with Crippen molar-refractivity contribution in [3.05, 3.63) is 0 Å². The highest BCUT2D eigenvalue weighted by Crippen LogP contribution is 2.45. The maximum atomic E-state index is 3.64. The molecular weight excluding hydrogens is 376 g/mol. The van der Waals surface area contributed by atoms with Gasteiger partial charge in [0.1, 0.15) is 0 Å². The van der Waals surface area contributed by atoms with E-state index >= 15 is 0 Å². The molecule has 2 heteroatoms. The Balaban J connectivity index is 2.45. The van der Waals surface area contributed by atoms with E-state index in [4.69, 9.17) is 0 Å². The molecule has 1 aliphatic rings. The summed E-state index contributed by atoms with van der Waals surface area (Å²) in [4.78, 5) is 0. The molecule has 0 bridgehead atoms. The molecule has 0 saturated heterocycles. The summed E-state index contributed by atoms with van der Waals surface area (Å²) < 4.78 is 0. The Hall–Kier alpha value is 0.960. The van der Waals surface area contributed by atoms with Crippen molar-refractivity contribution in [2.75, 3.05) is 10.7 Å². The average Bonchev–Trinajstić information content (AvgIpc) is 2.47. The van der Waals surface area contributed by atoms with Crippen LogP contribution in [0.3, 0.4) is 0 Å². The molecule has 1 rings (SSSR count). The second-order valence-electron chi connectivity index (χ2n) is 6.88. The van der Waals surface area contributed by atoms with Crippen molar-refractivity contribution >= 4 is 31.9 Å².